The first-order valence-corrected chi connectivity index (χ1v) is 6.79. The molecule has 3 heterocycles. The highest BCUT2D eigenvalue weighted by atomic mass is 16.4. The van der Waals surface area contributed by atoms with Crippen LogP contribution in [0.25, 0.3) is 16.9 Å². The Bertz CT molecular complexity index is 896. The molecule has 0 amide bonds. The number of pyridine rings is 1. The van der Waals surface area contributed by atoms with Crippen molar-refractivity contribution in [1.29, 1.82) is 0 Å². The molecule has 2 N–H and O–H groups in total. The number of aliphatic carboxylic acids is 1. The highest BCUT2D eigenvalue weighted by molar-refractivity contribution is 5.67. The van der Waals surface area contributed by atoms with Gasteiger partial charge >= 0.3 is 5.97 Å². The summed E-state index contributed by atoms with van der Waals surface area (Å²) in [6.45, 7) is 1.72. The molecule has 0 aliphatic rings. The summed E-state index contributed by atoms with van der Waals surface area (Å²) in [5.74, 6) is -0.938. The number of carboxylic acids is 1. The quantitative estimate of drug-likeness (QED) is 0.758. The Kier molecular flexibility index (Phi) is 3.46. The number of rotatable bonds is 4. The van der Waals surface area contributed by atoms with Crippen molar-refractivity contribution in [2.24, 2.45) is 0 Å². The summed E-state index contributed by atoms with van der Waals surface area (Å²) in [6, 6.07) is 5.45. The molecule has 0 radical (unpaired) electrons. The summed E-state index contributed by atoms with van der Waals surface area (Å²) in [6.07, 6.45) is 3.43. The number of aromatic nitrogens is 4. The Morgan fingerprint density at radius 3 is 2.95 bits per heavy atom. The van der Waals surface area contributed by atoms with Gasteiger partial charge in [-0.25, -0.2) is 9.50 Å². The molecule has 0 aromatic carbocycles. The highest BCUT2D eigenvalue weighted by Gasteiger charge is 2.13. The SMILES string of the molecule is Cc1nc2cc(-c3cccnc3)[nH]n2c(=O)c1CCC(=O)O. The van der Waals surface area contributed by atoms with E-state index in [0.717, 1.165) is 11.3 Å². The van der Waals surface area contributed by atoms with Crippen LogP contribution in [0.4, 0.5) is 0 Å². The molecule has 7 heteroatoms. The number of nitrogens with zero attached hydrogens (tertiary/aromatic N) is 3. The number of fused-ring (bicyclic) bond motifs is 1. The van der Waals surface area contributed by atoms with Crippen LogP contribution in [-0.4, -0.2) is 30.7 Å². The third-order valence-corrected chi connectivity index (χ3v) is 3.48. The zero-order valence-corrected chi connectivity index (χ0v) is 11.9. The highest BCUT2D eigenvalue weighted by Crippen LogP contribution is 2.17. The fraction of sp³-hybridized carbons (Fsp3) is 0.200. The molecule has 3 aromatic rings. The number of carboxylic acid groups (broad SMARTS) is 1. The van der Waals surface area contributed by atoms with Crippen molar-refractivity contribution in [2.45, 2.75) is 19.8 Å². The van der Waals surface area contributed by atoms with Crippen molar-refractivity contribution in [3.63, 3.8) is 0 Å². The summed E-state index contributed by atoms with van der Waals surface area (Å²) in [7, 11) is 0. The van der Waals surface area contributed by atoms with Crippen LogP contribution in [0.2, 0.25) is 0 Å². The molecule has 0 spiro atoms. The van der Waals surface area contributed by atoms with Crippen LogP contribution in [0.5, 0.6) is 0 Å². The predicted octanol–water partition coefficient (Wildman–Crippen LogP) is 1.41. The standard InChI is InChI=1S/C15H14N4O3/c1-9-11(4-5-14(20)21)15(22)19-13(17-9)7-12(18-19)10-3-2-6-16-8-10/h2-3,6-8,18H,4-5H2,1H3,(H,20,21). The number of nitrogens with one attached hydrogen (secondary N) is 1. The van der Waals surface area contributed by atoms with E-state index in [-0.39, 0.29) is 18.4 Å². The Morgan fingerprint density at radius 1 is 1.45 bits per heavy atom. The molecule has 7 nitrogen and oxygen atoms in total. The second-order valence-electron chi connectivity index (χ2n) is 4.98. The Morgan fingerprint density at radius 2 is 2.27 bits per heavy atom. The zero-order valence-electron chi connectivity index (χ0n) is 11.9. The lowest BCUT2D eigenvalue weighted by Gasteiger charge is -2.03. The second kappa shape index (κ2) is 5.44. The molecule has 0 saturated heterocycles. The predicted molar refractivity (Wildman–Crippen MR) is 79.7 cm³/mol. The second-order valence-corrected chi connectivity index (χ2v) is 4.98. The normalized spacial score (nSPS) is 11.0. The minimum absolute atomic E-state index is 0.0972. The van der Waals surface area contributed by atoms with Gasteiger partial charge in [-0.05, 0) is 25.5 Å². The molecular formula is C15H14N4O3. The Balaban J connectivity index is 2.11. The molecule has 22 heavy (non-hydrogen) atoms. The molecule has 0 saturated carbocycles. The van der Waals surface area contributed by atoms with Crippen molar-refractivity contribution < 1.29 is 9.90 Å². The smallest absolute Gasteiger partial charge is 0.303 e. The summed E-state index contributed by atoms with van der Waals surface area (Å²) in [4.78, 5) is 31.6. The molecule has 0 fully saturated rings. The number of aryl methyl sites for hydroxylation is 1. The lowest BCUT2D eigenvalue weighted by atomic mass is 10.1. The van der Waals surface area contributed by atoms with Crippen LogP contribution in [0, 0.1) is 6.92 Å². The fourth-order valence-corrected chi connectivity index (χ4v) is 2.36. The van der Waals surface area contributed by atoms with Crippen LogP contribution in [0.15, 0.2) is 35.4 Å². The number of carbonyl (C=O) groups is 1. The average Bonchev–Trinajstić information content (AvgIpc) is 2.92. The molecular weight excluding hydrogens is 284 g/mol. The third kappa shape index (κ3) is 2.48. The fourth-order valence-electron chi connectivity index (χ4n) is 2.36. The third-order valence-electron chi connectivity index (χ3n) is 3.48. The maximum Gasteiger partial charge on any atom is 0.303 e. The van der Waals surface area contributed by atoms with E-state index >= 15 is 0 Å². The van der Waals surface area contributed by atoms with E-state index in [1.165, 1.54) is 4.52 Å². The maximum atomic E-state index is 12.5. The molecule has 0 atom stereocenters. The van der Waals surface area contributed by atoms with Crippen molar-refractivity contribution in [1.82, 2.24) is 19.6 Å². The van der Waals surface area contributed by atoms with Gasteiger partial charge in [-0.3, -0.25) is 19.7 Å². The van der Waals surface area contributed by atoms with Crippen LogP contribution in [0.3, 0.4) is 0 Å². The van der Waals surface area contributed by atoms with E-state index in [1.54, 1.807) is 31.5 Å². The van der Waals surface area contributed by atoms with E-state index in [2.05, 4.69) is 15.1 Å². The zero-order chi connectivity index (χ0) is 15.7. The summed E-state index contributed by atoms with van der Waals surface area (Å²) < 4.78 is 1.34. The van der Waals surface area contributed by atoms with Gasteiger partial charge in [0.15, 0.2) is 5.65 Å². The van der Waals surface area contributed by atoms with Crippen LogP contribution < -0.4 is 5.56 Å². The number of aromatic amines is 1. The number of hydrogen-bond donors (Lipinski definition) is 2. The molecule has 0 bridgehead atoms. The van der Waals surface area contributed by atoms with Crippen molar-refractivity contribution in [3.05, 3.63) is 52.2 Å². The average molecular weight is 298 g/mol. The van der Waals surface area contributed by atoms with Gasteiger partial charge in [0.1, 0.15) is 0 Å². The Hall–Kier alpha value is -2.96. The van der Waals surface area contributed by atoms with Crippen LogP contribution >= 0.6 is 0 Å². The molecule has 0 unspecified atom stereocenters. The van der Waals surface area contributed by atoms with Gasteiger partial charge in [-0.2, -0.15) is 0 Å². The van der Waals surface area contributed by atoms with E-state index in [4.69, 9.17) is 5.11 Å². The lowest BCUT2D eigenvalue weighted by molar-refractivity contribution is -0.136. The van der Waals surface area contributed by atoms with E-state index in [0.29, 0.717) is 16.9 Å². The minimum atomic E-state index is -0.938. The topological polar surface area (TPSA) is 100 Å². The van der Waals surface area contributed by atoms with Gasteiger partial charge in [0.05, 0.1) is 5.69 Å². The van der Waals surface area contributed by atoms with Crippen molar-refractivity contribution in [2.75, 3.05) is 0 Å². The summed E-state index contributed by atoms with van der Waals surface area (Å²) in [5.41, 5.74) is 2.78. The van der Waals surface area contributed by atoms with Crippen LogP contribution in [0.1, 0.15) is 17.7 Å². The van der Waals surface area contributed by atoms with E-state index < -0.39 is 5.97 Å². The number of hydrogen-bond acceptors (Lipinski definition) is 4. The molecule has 3 aromatic heterocycles. The first-order valence-electron chi connectivity index (χ1n) is 6.79. The van der Waals surface area contributed by atoms with Gasteiger partial charge in [0.25, 0.3) is 5.56 Å². The molecule has 3 rings (SSSR count). The lowest BCUT2D eigenvalue weighted by Crippen LogP contribution is -2.22. The first-order chi connectivity index (χ1) is 10.6. The largest absolute Gasteiger partial charge is 0.481 e. The first kappa shape index (κ1) is 14.0. The van der Waals surface area contributed by atoms with Crippen molar-refractivity contribution in [3.8, 4) is 11.3 Å². The maximum absolute atomic E-state index is 12.5. The number of H-pyrrole nitrogens is 1. The molecule has 0 aliphatic heterocycles. The van der Waals surface area contributed by atoms with Gasteiger partial charge in [0.2, 0.25) is 0 Å². The van der Waals surface area contributed by atoms with E-state index in [1.807, 2.05) is 6.07 Å². The van der Waals surface area contributed by atoms with Gasteiger partial charge in [-0.1, -0.05) is 0 Å². The van der Waals surface area contributed by atoms with Crippen molar-refractivity contribution >= 4 is 11.6 Å². The minimum Gasteiger partial charge on any atom is -0.481 e. The van der Waals surface area contributed by atoms with Gasteiger partial charge in [0, 0.05) is 41.7 Å². The summed E-state index contributed by atoms with van der Waals surface area (Å²) >= 11 is 0. The molecule has 112 valence electrons. The monoisotopic (exact) mass is 298 g/mol. The van der Waals surface area contributed by atoms with Crippen LogP contribution in [-0.2, 0) is 11.2 Å². The van der Waals surface area contributed by atoms with Gasteiger partial charge < -0.3 is 5.11 Å². The molecule has 0 aliphatic carbocycles. The Labute approximate surface area is 125 Å². The van der Waals surface area contributed by atoms with Gasteiger partial charge in [-0.15, -0.1) is 0 Å². The summed E-state index contributed by atoms with van der Waals surface area (Å²) in [5, 5.41) is 11.8. The van der Waals surface area contributed by atoms with E-state index in [9.17, 15) is 9.59 Å².